The molecule has 0 spiro atoms. The molecular formula is C12H16O2. The molecule has 0 aliphatic carbocycles. The molecule has 0 saturated carbocycles. The van der Waals surface area contributed by atoms with Gasteiger partial charge in [-0.3, -0.25) is 4.79 Å². The molecule has 0 aliphatic heterocycles. The lowest BCUT2D eigenvalue weighted by atomic mass is 10.1. The van der Waals surface area contributed by atoms with Crippen molar-refractivity contribution in [1.29, 1.82) is 0 Å². The summed E-state index contributed by atoms with van der Waals surface area (Å²) in [5.41, 5.74) is -1.30. The summed E-state index contributed by atoms with van der Waals surface area (Å²) in [6, 6.07) is -5.41. The van der Waals surface area contributed by atoms with E-state index in [4.69, 9.17) is 21.9 Å². The van der Waals surface area contributed by atoms with E-state index in [1.54, 1.807) is 0 Å². The first-order valence-electron chi connectivity index (χ1n) is 11.4. The second kappa shape index (κ2) is 6.19. The Morgan fingerprint density at radius 2 is 2.29 bits per heavy atom. The van der Waals surface area contributed by atoms with Gasteiger partial charge in [-0.25, -0.2) is 0 Å². The zero-order valence-electron chi connectivity index (χ0n) is 22.8. The van der Waals surface area contributed by atoms with Gasteiger partial charge < -0.3 is 4.74 Å². The largest absolute Gasteiger partial charge is 0.469 e. The monoisotopic (exact) mass is 208 g/mol. The van der Waals surface area contributed by atoms with Crippen molar-refractivity contribution in [2.75, 3.05) is 7.04 Å². The molecule has 0 N–H and O–H groups in total. The molecule has 14 heavy (non-hydrogen) atoms. The molecule has 0 amide bonds. The van der Waals surface area contributed by atoms with Crippen molar-refractivity contribution in [2.45, 2.75) is 25.5 Å². The molecule has 0 saturated heterocycles. The van der Waals surface area contributed by atoms with Crippen LogP contribution in [-0.2, 0) is 15.9 Å². The van der Waals surface area contributed by atoms with Crippen molar-refractivity contribution in [3.05, 3.63) is 35.8 Å². The number of hydrogen-bond acceptors (Lipinski definition) is 2. The highest BCUT2D eigenvalue weighted by Gasteiger charge is 1.99. The Hall–Kier alpha value is -1.31. The third-order valence-electron chi connectivity index (χ3n) is 1.01. The minimum atomic E-state index is -4.13. The van der Waals surface area contributed by atoms with E-state index in [1.165, 1.54) is 0 Å². The van der Waals surface area contributed by atoms with Gasteiger partial charge in [-0.15, -0.1) is 0 Å². The van der Waals surface area contributed by atoms with Crippen molar-refractivity contribution in [3.63, 3.8) is 0 Å². The number of carbonyl (C=O) groups is 1. The molecule has 0 fully saturated rings. The zero-order chi connectivity index (χ0) is 24.2. The lowest BCUT2D eigenvalue weighted by Gasteiger charge is -2.00. The van der Waals surface area contributed by atoms with Crippen LogP contribution in [0.15, 0.2) is 30.2 Å². The van der Waals surface area contributed by atoms with Crippen LogP contribution in [0.25, 0.3) is 0 Å². The SMILES string of the molecule is [2H]c1c([2H])c([2H])c(C([2H])([2H])C([2H])([2H])C([2H])([2H])C([2H])([2H])C(=O)OC([2H])([2H])[2H])c([2H])c1[2H]. The lowest BCUT2D eigenvalue weighted by Crippen LogP contribution is -1.99. The van der Waals surface area contributed by atoms with Crippen LogP contribution in [0.3, 0.4) is 0 Å². The molecular weight excluding hydrogens is 176 g/mol. The molecule has 1 aromatic carbocycles. The van der Waals surface area contributed by atoms with Gasteiger partial charge in [0.25, 0.3) is 0 Å². The zero-order valence-corrected chi connectivity index (χ0v) is 6.82. The number of methoxy groups -OCH3 is 1. The van der Waals surface area contributed by atoms with E-state index in [0.717, 1.165) is 0 Å². The number of rotatable bonds is 5. The van der Waals surface area contributed by atoms with Crippen LogP contribution in [-0.4, -0.2) is 13.0 Å². The van der Waals surface area contributed by atoms with Crippen molar-refractivity contribution < 1.29 is 31.5 Å². The molecule has 2 heteroatoms. The Balaban J connectivity index is 3.72. The first-order valence-corrected chi connectivity index (χ1v) is 3.36. The Bertz CT molecular complexity index is 826. The van der Waals surface area contributed by atoms with Crippen LogP contribution >= 0.6 is 0 Å². The van der Waals surface area contributed by atoms with Gasteiger partial charge in [0.2, 0.25) is 0 Å². The van der Waals surface area contributed by atoms with Crippen LogP contribution in [0.4, 0.5) is 0 Å². The van der Waals surface area contributed by atoms with Gasteiger partial charge in [0.1, 0.15) is 0 Å². The molecule has 76 valence electrons. The van der Waals surface area contributed by atoms with E-state index in [2.05, 4.69) is 4.74 Å². The first-order chi connectivity index (χ1) is 13.1. The molecule has 1 rings (SSSR count). The maximum Gasteiger partial charge on any atom is 0.305 e. The highest BCUT2D eigenvalue weighted by Crippen LogP contribution is 2.06. The fourth-order valence-electron chi connectivity index (χ4n) is 0.514. The third kappa shape index (κ3) is 4.08. The average Bonchev–Trinajstić information content (AvgIpc) is 2.56. The smallest absolute Gasteiger partial charge is 0.305 e. The summed E-state index contributed by atoms with van der Waals surface area (Å²) >= 11 is 0. The van der Waals surface area contributed by atoms with Gasteiger partial charge in [0.05, 0.1) is 18.0 Å². The molecule has 0 radical (unpaired) electrons. The fraction of sp³-hybridized carbons (Fsp3) is 0.417. The highest BCUT2D eigenvalue weighted by molar-refractivity contribution is 5.68. The quantitative estimate of drug-likeness (QED) is 0.695. The number of carbonyl (C=O) groups excluding carboxylic acids is 1. The molecule has 0 heterocycles. The van der Waals surface area contributed by atoms with E-state index >= 15 is 0 Å². The van der Waals surface area contributed by atoms with Crippen molar-refractivity contribution in [2.24, 2.45) is 0 Å². The molecule has 2 nitrogen and oxygen atoms in total. The van der Waals surface area contributed by atoms with E-state index < -0.39 is 74.3 Å². The van der Waals surface area contributed by atoms with Crippen LogP contribution < -0.4 is 0 Å². The second-order valence-corrected chi connectivity index (χ2v) is 1.89. The van der Waals surface area contributed by atoms with E-state index in [0.29, 0.717) is 0 Å². The van der Waals surface area contributed by atoms with Crippen molar-refractivity contribution in [1.82, 2.24) is 0 Å². The van der Waals surface area contributed by atoms with Gasteiger partial charge in [-0.2, -0.15) is 0 Å². The third-order valence-corrected chi connectivity index (χ3v) is 1.01. The number of benzene rings is 1. The van der Waals surface area contributed by atoms with Gasteiger partial charge in [-0.1, -0.05) is 30.2 Å². The van der Waals surface area contributed by atoms with Gasteiger partial charge in [0, 0.05) is 17.3 Å². The molecule has 0 bridgehead atoms. The van der Waals surface area contributed by atoms with E-state index in [9.17, 15) is 4.79 Å². The fourth-order valence-corrected chi connectivity index (χ4v) is 0.514. The second-order valence-electron chi connectivity index (χ2n) is 1.89. The van der Waals surface area contributed by atoms with Crippen LogP contribution in [0, 0.1) is 0 Å². The maximum absolute atomic E-state index is 11.9. The van der Waals surface area contributed by atoms with Crippen molar-refractivity contribution in [3.8, 4) is 0 Å². The summed E-state index contributed by atoms with van der Waals surface area (Å²) in [5, 5.41) is 0. The standard InChI is InChI=1S/C12H16O2/c1-14-12(13)10-6-5-9-11-7-3-2-4-8-11/h2-4,7-8H,5-6,9-10H2,1H3/i1D3,2D,3D,4D,5D2,6D2,7D,8D,9D2,10D2. The minimum Gasteiger partial charge on any atom is -0.469 e. The van der Waals surface area contributed by atoms with Crippen molar-refractivity contribution >= 4 is 5.97 Å². The summed E-state index contributed by atoms with van der Waals surface area (Å²) in [6.07, 6.45) is -16.0. The van der Waals surface area contributed by atoms with Gasteiger partial charge >= 0.3 is 5.97 Å². The average molecular weight is 208 g/mol. The van der Waals surface area contributed by atoms with E-state index in [-0.39, 0.29) is 0 Å². The molecule has 1 aromatic rings. The normalized spacial score (nSPS) is 31.4. The van der Waals surface area contributed by atoms with Gasteiger partial charge in [0.15, 0.2) is 0 Å². The predicted octanol–water partition coefficient (Wildman–Crippen LogP) is 2.57. The highest BCUT2D eigenvalue weighted by atomic mass is 16.5. The number of esters is 1. The lowest BCUT2D eigenvalue weighted by molar-refractivity contribution is -0.140. The van der Waals surface area contributed by atoms with E-state index in [1.807, 2.05) is 0 Å². The molecule has 0 unspecified atom stereocenters. The number of hydrogen-bond donors (Lipinski definition) is 0. The topological polar surface area (TPSA) is 26.3 Å². The Morgan fingerprint density at radius 3 is 3.00 bits per heavy atom. The first kappa shape index (κ1) is 2.11. The summed E-state index contributed by atoms with van der Waals surface area (Å²) in [6.45, 7) is 0. The Labute approximate surface area is 107 Å². The van der Waals surface area contributed by atoms with Crippen LogP contribution in [0.5, 0.6) is 0 Å². The Morgan fingerprint density at radius 1 is 1.50 bits per heavy atom. The summed E-state index contributed by atoms with van der Waals surface area (Å²) in [5.74, 6) is -2.34. The van der Waals surface area contributed by atoms with Crippen LogP contribution in [0.2, 0.25) is 0 Å². The summed E-state index contributed by atoms with van der Waals surface area (Å²) in [4.78, 5) is 11.9. The predicted molar refractivity (Wildman–Crippen MR) is 56.0 cm³/mol. The summed E-state index contributed by atoms with van der Waals surface area (Å²) in [7, 11) is -3.50. The molecule has 0 aliphatic rings. The van der Waals surface area contributed by atoms with Gasteiger partial charge in [-0.05, 0) is 24.7 Å². The minimum absolute atomic E-state index is 0.926. The van der Waals surface area contributed by atoms with Crippen LogP contribution in [0.1, 0.15) is 46.6 Å². The number of ether oxygens (including phenoxy) is 1. The Kier molecular flexibility index (Phi) is 0.932. The molecule has 0 atom stereocenters. The maximum atomic E-state index is 11.9. The summed E-state index contributed by atoms with van der Waals surface area (Å²) < 4.78 is 125. The molecule has 0 aromatic heterocycles.